The lowest BCUT2D eigenvalue weighted by Gasteiger charge is -2.25. The largest absolute Gasteiger partial charge is 0.423 e. The first-order chi connectivity index (χ1) is 13.1. The molecular weight excluding hydrogens is 382 g/mol. The minimum Gasteiger partial charge on any atom is -0.423 e. The van der Waals surface area contributed by atoms with Gasteiger partial charge in [0.15, 0.2) is 0 Å². The third-order valence-electron chi connectivity index (χ3n) is 4.95. The third-order valence-corrected chi connectivity index (χ3v) is 6.22. The summed E-state index contributed by atoms with van der Waals surface area (Å²) in [7, 11) is 0. The van der Waals surface area contributed by atoms with E-state index in [2.05, 4.69) is 22.4 Å². The maximum absolute atomic E-state index is 12.1. The quantitative estimate of drug-likeness (QED) is 0.543. The molecule has 0 unspecified atom stereocenters. The fraction of sp³-hybridized carbons (Fsp3) is 0.381. The van der Waals surface area contributed by atoms with Crippen LogP contribution < -0.4 is 5.63 Å². The molecule has 0 aliphatic carbocycles. The van der Waals surface area contributed by atoms with Crippen molar-refractivity contribution in [2.45, 2.75) is 39.0 Å². The van der Waals surface area contributed by atoms with Crippen LogP contribution in [-0.2, 0) is 17.8 Å². The first-order valence-electron chi connectivity index (χ1n) is 9.18. The van der Waals surface area contributed by atoms with Crippen LogP contribution in [0.3, 0.4) is 0 Å². The van der Waals surface area contributed by atoms with E-state index >= 15 is 0 Å². The molecule has 1 atom stereocenters. The fourth-order valence-corrected chi connectivity index (χ4v) is 4.51. The number of nitrogens with zero attached hydrogens (tertiary/aromatic N) is 1. The van der Waals surface area contributed by atoms with Crippen LogP contribution in [0.25, 0.3) is 11.0 Å². The van der Waals surface area contributed by atoms with Crippen LogP contribution >= 0.6 is 22.9 Å². The molecule has 1 aliphatic heterocycles. The smallest absolute Gasteiger partial charge is 0.336 e. The third kappa shape index (κ3) is 4.43. The fourth-order valence-electron chi connectivity index (χ4n) is 3.60. The average molecular weight is 404 g/mol. The van der Waals surface area contributed by atoms with Gasteiger partial charge in [0, 0.05) is 47.6 Å². The number of halogens is 1. The van der Waals surface area contributed by atoms with Gasteiger partial charge in [-0.2, -0.15) is 0 Å². The molecule has 0 saturated carbocycles. The molecule has 1 fully saturated rings. The van der Waals surface area contributed by atoms with Crippen molar-refractivity contribution < 1.29 is 9.15 Å². The van der Waals surface area contributed by atoms with Crippen molar-refractivity contribution in [3.63, 3.8) is 0 Å². The van der Waals surface area contributed by atoms with Crippen LogP contribution in [0.5, 0.6) is 0 Å². The van der Waals surface area contributed by atoms with Gasteiger partial charge in [-0.1, -0.05) is 17.7 Å². The second-order valence-corrected chi connectivity index (χ2v) is 8.51. The molecule has 0 radical (unpaired) electrons. The Morgan fingerprint density at radius 2 is 2.19 bits per heavy atom. The first kappa shape index (κ1) is 18.7. The Morgan fingerprint density at radius 3 is 2.93 bits per heavy atom. The van der Waals surface area contributed by atoms with Gasteiger partial charge in [0.05, 0.1) is 6.10 Å². The van der Waals surface area contributed by atoms with Crippen molar-refractivity contribution in [1.82, 2.24) is 4.90 Å². The summed E-state index contributed by atoms with van der Waals surface area (Å²) >= 11 is 8.08. The highest BCUT2D eigenvalue weighted by atomic mass is 35.5. The molecule has 2 aromatic heterocycles. The van der Waals surface area contributed by atoms with Gasteiger partial charge in [0.1, 0.15) is 5.58 Å². The molecule has 6 heteroatoms. The topological polar surface area (TPSA) is 42.7 Å². The van der Waals surface area contributed by atoms with Crippen molar-refractivity contribution in [2.75, 3.05) is 13.2 Å². The van der Waals surface area contributed by atoms with E-state index in [1.165, 1.54) is 4.88 Å². The predicted octanol–water partition coefficient (Wildman–Crippen LogP) is 5.00. The Bertz CT molecular complexity index is 977. The molecule has 142 valence electrons. The van der Waals surface area contributed by atoms with Crippen molar-refractivity contribution in [2.24, 2.45) is 0 Å². The van der Waals surface area contributed by atoms with Gasteiger partial charge >= 0.3 is 5.63 Å². The number of benzene rings is 1. The monoisotopic (exact) mass is 403 g/mol. The van der Waals surface area contributed by atoms with Gasteiger partial charge in [0.2, 0.25) is 0 Å². The average Bonchev–Trinajstić information content (AvgIpc) is 3.30. The maximum Gasteiger partial charge on any atom is 0.336 e. The number of hydrogen-bond donors (Lipinski definition) is 0. The summed E-state index contributed by atoms with van der Waals surface area (Å²) in [4.78, 5) is 15.8. The van der Waals surface area contributed by atoms with E-state index in [1.54, 1.807) is 17.4 Å². The number of ether oxygens (including phenoxy) is 1. The van der Waals surface area contributed by atoms with E-state index < -0.39 is 0 Å². The van der Waals surface area contributed by atoms with Crippen molar-refractivity contribution in [3.8, 4) is 0 Å². The highest BCUT2D eigenvalue weighted by Gasteiger charge is 2.21. The standard InChI is InChI=1S/C21H22ClNO3S/c1-14-8-20-18(10-19(14)22)15(9-21(24)26-20)11-23(12-16-4-2-6-25-16)13-17-5-3-7-27-17/h3,5,7-10,16H,2,4,6,11-13H2,1H3/t16-/m0/s1. The number of aryl methyl sites for hydroxylation is 1. The summed E-state index contributed by atoms with van der Waals surface area (Å²) in [5, 5.41) is 3.67. The van der Waals surface area contributed by atoms with Gasteiger partial charge in [0.25, 0.3) is 0 Å². The Kier molecular flexibility index (Phi) is 5.64. The van der Waals surface area contributed by atoms with Crippen LogP contribution in [0.1, 0.15) is 28.8 Å². The van der Waals surface area contributed by atoms with Crippen LogP contribution in [0, 0.1) is 6.92 Å². The number of rotatable bonds is 6. The van der Waals surface area contributed by atoms with E-state index in [1.807, 2.05) is 19.1 Å². The van der Waals surface area contributed by atoms with Crippen LogP contribution in [0.4, 0.5) is 0 Å². The Hall–Kier alpha value is -1.66. The molecule has 4 nitrogen and oxygen atoms in total. The summed E-state index contributed by atoms with van der Waals surface area (Å²) in [6.07, 6.45) is 2.45. The molecule has 1 saturated heterocycles. The van der Waals surface area contributed by atoms with Gasteiger partial charge in [-0.05, 0) is 54.5 Å². The van der Waals surface area contributed by atoms with E-state index in [-0.39, 0.29) is 11.7 Å². The highest BCUT2D eigenvalue weighted by molar-refractivity contribution is 7.09. The molecule has 1 aromatic carbocycles. The summed E-state index contributed by atoms with van der Waals surface area (Å²) in [6.45, 7) is 5.08. The zero-order valence-electron chi connectivity index (χ0n) is 15.2. The summed E-state index contributed by atoms with van der Waals surface area (Å²) in [5.41, 5.74) is 2.11. The normalized spacial score (nSPS) is 17.2. The van der Waals surface area contributed by atoms with E-state index in [0.717, 1.165) is 49.1 Å². The molecule has 27 heavy (non-hydrogen) atoms. The lowest BCUT2D eigenvalue weighted by Crippen LogP contribution is -2.31. The van der Waals surface area contributed by atoms with Crippen molar-refractivity contribution >= 4 is 33.9 Å². The van der Waals surface area contributed by atoms with E-state index in [4.69, 9.17) is 20.8 Å². The van der Waals surface area contributed by atoms with Crippen LogP contribution in [0.2, 0.25) is 5.02 Å². The molecule has 1 aliphatic rings. The minimum atomic E-state index is -0.326. The van der Waals surface area contributed by atoms with Gasteiger partial charge in [-0.15, -0.1) is 11.3 Å². The van der Waals surface area contributed by atoms with Crippen LogP contribution in [-0.4, -0.2) is 24.2 Å². The highest BCUT2D eigenvalue weighted by Crippen LogP contribution is 2.27. The molecule has 3 aromatic rings. The van der Waals surface area contributed by atoms with Gasteiger partial charge in [-0.3, -0.25) is 4.90 Å². The molecule has 0 spiro atoms. The Morgan fingerprint density at radius 1 is 1.30 bits per heavy atom. The van der Waals surface area contributed by atoms with E-state index in [9.17, 15) is 4.79 Å². The molecule has 0 amide bonds. The Balaban J connectivity index is 1.66. The second kappa shape index (κ2) is 8.15. The van der Waals surface area contributed by atoms with Gasteiger partial charge in [-0.25, -0.2) is 4.79 Å². The zero-order valence-corrected chi connectivity index (χ0v) is 16.8. The molecule has 3 heterocycles. The molecule has 0 N–H and O–H groups in total. The molecule has 0 bridgehead atoms. The Labute approximate surface area is 167 Å². The molecule has 4 rings (SSSR count). The number of fused-ring (bicyclic) bond motifs is 1. The lowest BCUT2D eigenvalue weighted by molar-refractivity contribution is 0.0683. The number of thiophene rings is 1. The summed E-state index contributed by atoms with van der Waals surface area (Å²) in [6, 6.07) is 9.54. The SMILES string of the molecule is Cc1cc2oc(=O)cc(CN(Cc3cccs3)C[C@@H]3CCCO3)c2cc1Cl. The zero-order chi connectivity index (χ0) is 18.8. The van der Waals surface area contributed by atoms with Crippen molar-refractivity contribution in [1.29, 1.82) is 0 Å². The molecular formula is C21H22ClNO3S. The number of hydrogen-bond acceptors (Lipinski definition) is 5. The minimum absolute atomic E-state index is 0.252. The maximum atomic E-state index is 12.1. The van der Waals surface area contributed by atoms with Crippen LogP contribution in [0.15, 0.2) is 44.9 Å². The predicted molar refractivity (Wildman–Crippen MR) is 110 cm³/mol. The van der Waals surface area contributed by atoms with Crippen molar-refractivity contribution in [3.05, 3.63) is 67.2 Å². The summed E-state index contributed by atoms with van der Waals surface area (Å²) in [5.74, 6) is 0. The lowest BCUT2D eigenvalue weighted by atomic mass is 10.1. The second-order valence-electron chi connectivity index (χ2n) is 7.07. The summed E-state index contributed by atoms with van der Waals surface area (Å²) < 4.78 is 11.3. The first-order valence-corrected chi connectivity index (χ1v) is 10.4. The van der Waals surface area contributed by atoms with Gasteiger partial charge < -0.3 is 9.15 Å². The van der Waals surface area contributed by atoms with E-state index in [0.29, 0.717) is 17.2 Å².